The number of hydrogen-bond donors (Lipinski definition) is 4. The van der Waals surface area contributed by atoms with E-state index >= 15 is 0 Å². The molecule has 1 aromatic carbocycles. The maximum Gasteiger partial charge on any atom is 0.263 e. The minimum atomic E-state index is -0.530. The first kappa shape index (κ1) is 23.5. The maximum absolute atomic E-state index is 13.2. The molecule has 1 fully saturated rings. The van der Waals surface area contributed by atoms with Gasteiger partial charge in [-0.1, -0.05) is 0 Å². The summed E-state index contributed by atoms with van der Waals surface area (Å²) in [6, 6.07) is 9.27. The Morgan fingerprint density at radius 2 is 1.89 bits per heavy atom. The van der Waals surface area contributed by atoms with Crippen LogP contribution in [-0.2, 0) is 0 Å². The molecule has 4 heterocycles. The number of amides is 1. The Morgan fingerprint density at radius 3 is 2.64 bits per heavy atom. The molecule has 4 N–H and O–H groups in total. The molecule has 1 saturated heterocycles. The zero-order chi connectivity index (χ0) is 25.1. The lowest BCUT2D eigenvalue weighted by Gasteiger charge is -2.34. The van der Waals surface area contributed by atoms with Crippen molar-refractivity contribution in [1.29, 1.82) is 0 Å². The van der Waals surface area contributed by atoms with Crippen molar-refractivity contribution < 1.29 is 14.3 Å². The molecule has 0 aliphatic carbocycles. The van der Waals surface area contributed by atoms with Crippen LogP contribution in [0.15, 0.2) is 47.5 Å². The van der Waals surface area contributed by atoms with Gasteiger partial charge < -0.3 is 40.2 Å². The van der Waals surface area contributed by atoms with Crippen molar-refractivity contribution in [3.05, 3.63) is 58.6 Å². The molecule has 0 bridgehead atoms. The Morgan fingerprint density at radius 1 is 1.11 bits per heavy atom. The minimum absolute atomic E-state index is 0.0513. The zero-order valence-corrected chi connectivity index (χ0v) is 20.3. The molecule has 2 aromatic heterocycles. The van der Waals surface area contributed by atoms with Crippen LogP contribution in [0.4, 0.5) is 28.4 Å². The summed E-state index contributed by atoms with van der Waals surface area (Å²) < 4.78 is 11.1. The Balaban J connectivity index is 1.36. The number of methoxy groups -OCH3 is 1. The summed E-state index contributed by atoms with van der Waals surface area (Å²) >= 11 is 0. The maximum atomic E-state index is 13.2. The van der Waals surface area contributed by atoms with Crippen molar-refractivity contribution in [1.82, 2.24) is 14.9 Å². The molecule has 0 atom stereocenters. The zero-order valence-electron chi connectivity index (χ0n) is 20.3. The van der Waals surface area contributed by atoms with Crippen molar-refractivity contribution in [3.8, 4) is 11.6 Å². The number of carbonyl (C=O) groups excluding carboxylic acids is 1. The summed E-state index contributed by atoms with van der Waals surface area (Å²) in [4.78, 5) is 37.4. The fraction of sp³-hybridized carbons (Fsp3) is 0.320. The summed E-state index contributed by atoms with van der Waals surface area (Å²) in [6.07, 6.45) is 3.02. The molecule has 0 spiro atoms. The molecule has 0 radical (unpaired) electrons. The molecule has 36 heavy (non-hydrogen) atoms. The predicted octanol–water partition coefficient (Wildman–Crippen LogP) is 2.33. The van der Waals surface area contributed by atoms with Crippen molar-refractivity contribution in [2.75, 3.05) is 74.3 Å². The smallest absolute Gasteiger partial charge is 0.263 e. The molecule has 3 aromatic rings. The van der Waals surface area contributed by atoms with Crippen LogP contribution in [-0.4, -0.2) is 74.3 Å². The number of H-pyrrole nitrogens is 1. The SMILES string of the molecule is COc1c(Nc2cc[nH]c(=O)c2C(=O)Nc2ccc(N3CCN(C)CC3)cc2)cnc2c1NCCO2. The van der Waals surface area contributed by atoms with Crippen LogP contribution in [0, 0.1) is 0 Å². The average Bonchev–Trinajstić information content (AvgIpc) is 2.89. The van der Waals surface area contributed by atoms with E-state index in [1.54, 1.807) is 12.3 Å². The Kier molecular flexibility index (Phi) is 6.63. The van der Waals surface area contributed by atoms with E-state index in [9.17, 15) is 9.59 Å². The third-order valence-corrected chi connectivity index (χ3v) is 6.29. The fourth-order valence-corrected chi connectivity index (χ4v) is 4.34. The van der Waals surface area contributed by atoms with E-state index in [4.69, 9.17) is 9.47 Å². The molecule has 1 amide bonds. The van der Waals surface area contributed by atoms with E-state index in [1.165, 1.54) is 13.3 Å². The number of nitrogens with one attached hydrogen (secondary N) is 4. The third kappa shape index (κ3) is 4.78. The number of likely N-dealkylation sites (N-methyl/N-ethyl adjacent to an activating group) is 1. The van der Waals surface area contributed by atoms with E-state index < -0.39 is 11.5 Å². The number of aromatic amines is 1. The standard InChI is InChI=1S/C25H29N7O4/c1-31-10-12-32(13-11-31)17-5-3-16(4-6-17)29-24(34)20-18(7-8-27-23(20)33)30-19-15-28-25-21(22(19)35-2)26-9-14-36-25/h3-8,15,26H,9-14H2,1-2H3,(H,29,34)(H2,27,30,33). The topological polar surface area (TPSA) is 124 Å². The highest BCUT2D eigenvalue weighted by molar-refractivity contribution is 6.08. The summed E-state index contributed by atoms with van der Waals surface area (Å²) in [5.74, 6) is 0.386. The molecule has 11 heteroatoms. The van der Waals surface area contributed by atoms with Gasteiger partial charge in [0.05, 0.1) is 19.0 Å². The van der Waals surface area contributed by atoms with Crippen LogP contribution in [0.1, 0.15) is 10.4 Å². The molecular formula is C25H29N7O4. The number of hydrogen-bond acceptors (Lipinski definition) is 9. The van der Waals surface area contributed by atoms with Crippen LogP contribution in [0.25, 0.3) is 0 Å². The van der Waals surface area contributed by atoms with Crippen molar-refractivity contribution in [3.63, 3.8) is 0 Å². The summed E-state index contributed by atoms with van der Waals surface area (Å²) in [5, 5.41) is 9.18. The first-order chi connectivity index (χ1) is 17.5. The van der Waals surface area contributed by atoms with Crippen LogP contribution in [0.2, 0.25) is 0 Å². The highest BCUT2D eigenvalue weighted by Gasteiger charge is 2.23. The van der Waals surface area contributed by atoms with Crippen LogP contribution >= 0.6 is 0 Å². The Bertz CT molecular complexity index is 1300. The van der Waals surface area contributed by atoms with E-state index in [1.807, 2.05) is 24.3 Å². The van der Waals surface area contributed by atoms with Gasteiger partial charge >= 0.3 is 0 Å². The molecule has 5 rings (SSSR count). The molecular weight excluding hydrogens is 462 g/mol. The lowest BCUT2D eigenvalue weighted by molar-refractivity contribution is 0.102. The number of ether oxygens (including phenoxy) is 2. The fourth-order valence-electron chi connectivity index (χ4n) is 4.34. The average molecular weight is 492 g/mol. The van der Waals surface area contributed by atoms with Gasteiger partial charge in [-0.05, 0) is 37.4 Å². The molecule has 188 valence electrons. The Labute approximate surface area is 208 Å². The summed E-state index contributed by atoms with van der Waals surface area (Å²) in [7, 11) is 3.65. The van der Waals surface area contributed by atoms with Gasteiger partial charge in [-0.3, -0.25) is 9.59 Å². The lowest BCUT2D eigenvalue weighted by atomic mass is 10.2. The van der Waals surface area contributed by atoms with E-state index in [-0.39, 0.29) is 5.56 Å². The number of piperazine rings is 1. The van der Waals surface area contributed by atoms with Gasteiger partial charge in [0, 0.05) is 50.3 Å². The van der Waals surface area contributed by atoms with Gasteiger partial charge in [0.1, 0.15) is 23.5 Å². The lowest BCUT2D eigenvalue weighted by Crippen LogP contribution is -2.44. The normalized spacial score (nSPS) is 15.3. The van der Waals surface area contributed by atoms with E-state index in [2.05, 4.69) is 42.8 Å². The van der Waals surface area contributed by atoms with Gasteiger partial charge in [-0.2, -0.15) is 0 Å². The number of benzene rings is 1. The van der Waals surface area contributed by atoms with Crippen LogP contribution in [0.3, 0.4) is 0 Å². The highest BCUT2D eigenvalue weighted by atomic mass is 16.5. The second-order valence-corrected chi connectivity index (χ2v) is 8.67. The first-order valence-corrected chi connectivity index (χ1v) is 11.8. The molecule has 0 saturated carbocycles. The number of rotatable bonds is 6. The molecule has 2 aliphatic heterocycles. The molecule has 2 aliphatic rings. The van der Waals surface area contributed by atoms with Crippen molar-refractivity contribution in [2.45, 2.75) is 0 Å². The third-order valence-electron chi connectivity index (χ3n) is 6.29. The monoisotopic (exact) mass is 491 g/mol. The van der Waals surface area contributed by atoms with Crippen molar-refractivity contribution in [2.24, 2.45) is 0 Å². The number of pyridine rings is 2. The second kappa shape index (κ2) is 10.2. The second-order valence-electron chi connectivity index (χ2n) is 8.67. The number of anilines is 5. The largest absolute Gasteiger partial charge is 0.492 e. The van der Waals surface area contributed by atoms with Gasteiger partial charge in [-0.15, -0.1) is 0 Å². The number of fused-ring (bicyclic) bond motifs is 1. The summed E-state index contributed by atoms with van der Waals surface area (Å²) in [5.41, 5.74) is 2.56. The van der Waals surface area contributed by atoms with Crippen molar-refractivity contribution >= 4 is 34.3 Å². The summed E-state index contributed by atoms with van der Waals surface area (Å²) in [6.45, 7) is 5.06. The quantitative estimate of drug-likeness (QED) is 0.411. The van der Waals surface area contributed by atoms with Gasteiger partial charge in [0.2, 0.25) is 5.88 Å². The van der Waals surface area contributed by atoms with Gasteiger partial charge in [0.25, 0.3) is 11.5 Å². The predicted molar refractivity (Wildman–Crippen MR) is 139 cm³/mol. The minimum Gasteiger partial charge on any atom is -0.492 e. The number of nitrogens with zero attached hydrogens (tertiary/aromatic N) is 3. The molecule has 11 nitrogen and oxygen atoms in total. The first-order valence-electron chi connectivity index (χ1n) is 11.8. The number of carbonyl (C=O) groups is 1. The number of aromatic nitrogens is 2. The molecule has 0 unspecified atom stereocenters. The van der Waals surface area contributed by atoms with Gasteiger partial charge in [0.15, 0.2) is 5.75 Å². The van der Waals surface area contributed by atoms with Gasteiger partial charge in [-0.25, -0.2) is 4.98 Å². The van der Waals surface area contributed by atoms with Crippen LogP contribution < -0.4 is 35.9 Å². The van der Waals surface area contributed by atoms with Crippen LogP contribution in [0.5, 0.6) is 11.6 Å². The van der Waals surface area contributed by atoms with E-state index in [0.29, 0.717) is 47.5 Å². The highest BCUT2D eigenvalue weighted by Crippen LogP contribution is 2.41. The Hall–Kier alpha value is -4.25. The van der Waals surface area contributed by atoms with E-state index in [0.717, 1.165) is 31.9 Å².